The van der Waals surface area contributed by atoms with Crippen LogP contribution in [0.5, 0.6) is 11.5 Å². The average molecular weight is 1510 g/mol. The minimum Gasteiger partial charge on any atom is -0.508 e. The second kappa shape index (κ2) is 39.6. The lowest BCUT2D eigenvalue weighted by molar-refractivity contribution is -0.142. The van der Waals surface area contributed by atoms with Crippen molar-refractivity contribution in [2.75, 3.05) is 38.8 Å². The molecule has 12 amide bonds. The number of nitrogens with zero attached hydrogens (tertiary/aromatic N) is 2. The van der Waals surface area contributed by atoms with Crippen molar-refractivity contribution in [1.29, 1.82) is 0 Å². The molecule has 1 aliphatic rings. The third-order valence-corrected chi connectivity index (χ3v) is 20.5. The van der Waals surface area contributed by atoms with Gasteiger partial charge in [-0.3, -0.25) is 57.5 Å². The highest BCUT2D eigenvalue weighted by molar-refractivity contribution is 7.98. The number of hydrogen-bond donors (Lipinski definition) is 14. The van der Waals surface area contributed by atoms with Crippen LogP contribution >= 0.6 is 23.5 Å². The Morgan fingerprint density at radius 2 is 1.23 bits per heavy atom. The van der Waals surface area contributed by atoms with Crippen LogP contribution < -0.4 is 58.9 Å². The van der Waals surface area contributed by atoms with Crippen molar-refractivity contribution in [2.45, 2.75) is 192 Å². The molecule has 9 atom stereocenters. The van der Waals surface area contributed by atoms with E-state index in [2.05, 4.69) is 63.1 Å². The number of ether oxygens (including phenoxy) is 1. The number of nitrogens with two attached hydrogens (primary N) is 1. The van der Waals surface area contributed by atoms with Gasteiger partial charge in [0.2, 0.25) is 70.9 Å². The van der Waals surface area contributed by atoms with Crippen molar-refractivity contribution in [3.63, 3.8) is 0 Å². The molecular weight excluding hydrogens is 1400 g/mol. The summed E-state index contributed by atoms with van der Waals surface area (Å²) in [7, 11) is 2.94. The van der Waals surface area contributed by atoms with Crippen LogP contribution in [0.25, 0.3) is 11.0 Å². The summed E-state index contributed by atoms with van der Waals surface area (Å²) in [4.78, 5) is 174. The number of thioether (sulfide) groups is 2. The highest BCUT2D eigenvalue weighted by Crippen LogP contribution is 2.26. The van der Waals surface area contributed by atoms with Gasteiger partial charge in [-0.15, -0.1) is 0 Å². The Hall–Kier alpha value is -9.75. The van der Waals surface area contributed by atoms with Crippen molar-refractivity contribution in [2.24, 2.45) is 17.1 Å². The number of rotatable bonds is 39. The summed E-state index contributed by atoms with van der Waals surface area (Å²) >= 11 is 2.84. The number of pyridine rings is 1. The van der Waals surface area contributed by atoms with Crippen LogP contribution in [0, 0.1) is 11.3 Å². The zero-order valence-corrected chi connectivity index (χ0v) is 64.0. The van der Waals surface area contributed by atoms with Gasteiger partial charge in [0, 0.05) is 93.6 Å². The number of amides is 12. The Balaban J connectivity index is 1.01. The molecule has 1 fully saturated rings. The Labute approximate surface area is 626 Å². The number of carbonyl (C=O) groups is 12. The summed E-state index contributed by atoms with van der Waals surface area (Å²) in [6.07, 6.45) is 4.40. The topological polar surface area (TPSA) is 433 Å². The minimum atomic E-state index is -1.74. The van der Waals surface area contributed by atoms with Gasteiger partial charge in [-0.05, 0) is 123 Å². The lowest BCUT2D eigenvalue weighted by atomic mass is 9.85. The number of primary amides is 1. The Kier molecular flexibility index (Phi) is 31.8. The van der Waals surface area contributed by atoms with Gasteiger partial charge in [0.1, 0.15) is 76.6 Å². The maximum atomic E-state index is 14.6. The number of methoxy groups -OCH3 is 1. The number of likely N-dealkylation sites (tertiary alicyclic amines) is 1. The van der Waals surface area contributed by atoms with E-state index in [4.69, 9.17) is 10.5 Å². The molecule has 15 N–H and O–H groups in total. The zero-order valence-electron chi connectivity index (χ0n) is 62.3. The van der Waals surface area contributed by atoms with Gasteiger partial charge < -0.3 is 83.7 Å². The quantitative estimate of drug-likeness (QED) is 0.0251. The standard InChI is InChI=1S/C75H104N14O15S2/c1-13-53(65(96)84-57(62(76)94)42-106-41-48-18-14-17-47(35-48)40-105-34-30-60(93)86-61(73(5,6)7)69(100)83-56(37-46-23-27-51(91)28-24-46)70(101)89-32-16-20-58(89)68(99)77-11)85-72(103)75(10,43(2)3)88-67(98)54(36-45-21-25-50(90)26-22-45)82-64(95)44(4)80-71(102)74(8,9)87-66(97)55(81-59(92)29-33-104-12)38-49-39-79-63-52(49)19-15-31-78-63/h14-15,17-19,21-28,31,35,39,43-44,53-58,61,90-91H,13,16,20,29-30,32-34,36-38,40-42H2,1-12H3,(H2,76,94)(H,77,99)(H,78,79)(H,80,102)(H,81,92)(H,82,95)(H,83,100)(H,84,96)(H,85,103)(H,86,93)(H,87,97)(H,88,98)/t44-,53-,54-,55-,56-,57+,58-,61+,75-/m0/s1. The van der Waals surface area contributed by atoms with Crippen molar-refractivity contribution >= 4 is 105 Å². The number of aromatic hydroxyl groups is 2. The van der Waals surface area contributed by atoms with Crippen LogP contribution in [-0.4, -0.2) is 194 Å². The molecule has 0 radical (unpaired) electrons. The minimum absolute atomic E-state index is 0.0264. The molecular formula is C75H104N14O15S2. The number of fused-ring (bicyclic) bond motifs is 1. The molecule has 1 aliphatic heterocycles. The smallest absolute Gasteiger partial charge is 0.246 e. The van der Waals surface area contributed by atoms with E-state index in [0.29, 0.717) is 59.0 Å². The van der Waals surface area contributed by atoms with E-state index in [-0.39, 0.29) is 74.2 Å². The molecule has 0 unspecified atom stereocenters. The van der Waals surface area contributed by atoms with Crippen molar-refractivity contribution in [3.8, 4) is 11.5 Å². The van der Waals surface area contributed by atoms with Gasteiger partial charge in [-0.2, -0.15) is 23.5 Å². The second-order valence-corrected chi connectivity index (χ2v) is 30.6. The Bertz CT molecular complexity index is 3910. The van der Waals surface area contributed by atoms with Crippen molar-refractivity contribution in [1.82, 2.24) is 68.0 Å². The number of phenolic OH excluding ortho intramolecular Hbond substituents is 2. The number of aromatic amines is 1. The number of benzene rings is 3. The fourth-order valence-electron chi connectivity index (χ4n) is 11.6. The van der Waals surface area contributed by atoms with E-state index in [1.54, 1.807) is 72.1 Å². The van der Waals surface area contributed by atoms with Gasteiger partial charge >= 0.3 is 0 Å². The number of phenols is 2. The Morgan fingerprint density at radius 3 is 1.82 bits per heavy atom. The number of likely N-dealkylation sites (N-methyl/N-ethyl adjacent to an activating group) is 1. The summed E-state index contributed by atoms with van der Waals surface area (Å²) in [5.41, 5.74) is 5.91. The highest BCUT2D eigenvalue weighted by atomic mass is 32.2. The molecule has 106 heavy (non-hydrogen) atoms. The van der Waals surface area contributed by atoms with Gasteiger partial charge in [0.25, 0.3) is 0 Å². The van der Waals surface area contributed by atoms with Crippen LogP contribution in [-0.2, 0) is 93.0 Å². The predicted octanol–water partition coefficient (Wildman–Crippen LogP) is 3.11. The molecule has 31 heteroatoms. The van der Waals surface area contributed by atoms with Crippen molar-refractivity contribution in [3.05, 3.63) is 125 Å². The van der Waals surface area contributed by atoms with Gasteiger partial charge in [-0.25, -0.2) is 4.98 Å². The number of hydrogen-bond acceptors (Lipinski definition) is 18. The summed E-state index contributed by atoms with van der Waals surface area (Å²) < 4.78 is 5.05. The lowest BCUT2D eigenvalue weighted by Gasteiger charge is -2.36. The number of H-pyrrole nitrogens is 1. The normalized spacial score (nSPS) is 15.6. The third kappa shape index (κ3) is 24.9. The molecule has 0 bridgehead atoms. The first-order valence-corrected chi connectivity index (χ1v) is 37.6. The van der Waals surface area contributed by atoms with Gasteiger partial charge in [0.15, 0.2) is 0 Å². The van der Waals surface area contributed by atoms with E-state index in [1.165, 1.54) is 107 Å². The monoisotopic (exact) mass is 1500 g/mol. The summed E-state index contributed by atoms with van der Waals surface area (Å²) in [5.74, 6) is -6.85. The number of nitrogens with one attached hydrogen (secondary N) is 11. The SMILES string of the molecule is CC[C@H](NC(=O)[C@@](C)(NC(=O)[C@H](Cc1ccc(O)cc1)NC(=O)[C@H](C)NC(=O)C(C)(C)NC(=O)[C@H](Cc1c[nH]c2ncccc12)NC(=O)CCOC)C(C)C)C(=O)N[C@H](CSCc1cccc(CSCCC(=O)N[C@H](C(=O)N[C@@H](Cc2ccc(O)cc2)C(=O)N2CCC[C@H]2C(=O)NC)C(C)(C)C)c1)C(N)=O. The molecule has 0 aliphatic carbocycles. The first kappa shape index (κ1) is 85.2. The van der Waals surface area contributed by atoms with E-state index < -0.39 is 130 Å². The number of aromatic nitrogens is 2. The second-order valence-electron chi connectivity index (χ2n) is 28.5. The summed E-state index contributed by atoms with van der Waals surface area (Å²) in [6.45, 7) is 16.5. The molecule has 1 saturated heterocycles. The maximum Gasteiger partial charge on any atom is 0.246 e. The summed E-state index contributed by atoms with van der Waals surface area (Å²) in [6, 6.07) is 14.3. The molecule has 3 heterocycles. The highest BCUT2D eigenvalue weighted by Gasteiger charge is 2.44. The van der Waals surface area contributed by atoms with Crippen LogP contribution in [0.3, 0.4) is 0 Å². The molecule has 3 aromatic carbocycles. The Morgan fingerprint density at radius 1 is 0.642 bits per heavy atom. The molecule has 6 rings (SSSR count). The lowest BCUT2D eigenvalue weighted by Crippen LogP contribution is -2.66. The largest absolute Gasteiger partial charge is 0.508 e. The summed E-state index contributed by atoms with van der Waals surface area (Å²) in [5, 5.41) is 48.0. The first-order valence-electron chi connectivity index (χ1n) is 35.3. The van der Waals surface area contributed by atoms with Crippen LogP contribution in [0.15, 0.2) is 97.3 Å². The third-order valence-electron chi connectivity index (χ3n) is 18.4. The first-order chi connectivity index (χ1) is 50.1. The van der Waals surface area contributed by atoms with Crippen LogP contribution in [0.2, 0.25) is 0 Å². The predicted molar refractivity (Wildman–Crippen MR) is 404 cm³/mol. The molecule has 2 aromatic heterocycles. The molecule has 5 aromatic rings. The van der Waals surface area contributed by atoms with E-state index >= 15 is 0 Å². The fraction of sp³-hybridized carbons (Fsp3) is 0.507. The number of carbonyl (C=O) groups excluding carboxylic acids is 12. The average Bonchev–Trinajstić information content (AvgIpc) is 1.58. The van der Waals surface area contributed by atoms with E-state index in [9.17, 15) is 67.7 Å². The van der Waals surface area contributed by atoms with Gasteiger partial charge in [0.05, 0.1) is 6.61 Å². The van der Waals surface area contributed by atoms with E-state index in [1.807, 2.05) is 30.3 Å². The molecule has 576 valence electrons. The molecule has 0 spiro atoms. The van der Waals surface area contributed by atoms with Crippen molar-refractivity contribution < 1.29 is 72.5 Å². The molecule has 29 nitrogen and oxygen atoms in total. The maximum absolute atomic E-state index is 14.6. The zero-order chi connectivity index (χ0) is 78.2. The van der Waals surface area contributed by atoms with E-state index in [0.717, 1.165) is 16.5 Å². The fourth-order valence-corrected chi connectivity index (χ4v) is 13.5. The van der Waals surface area contributed by atoms with Crippen LogP contribution in [0.1, 0.15) is 129 Å². The van der Waals surface area contributed by atoms with Crippen LogP contribution in [0.4, 0.5) is 0 Å². The van der Waals surface area contributed by atoms with Gasteiger partial charge in [-0.1, -0.05) is 90.1 Å². The molecule has 0 saturated carbocycles.